The number of imidazole rings is 1. The molecule has 2 N–H and O–H groups in total. The van der Waals surface area contributed by atoms with E-state index in [2.05, 4.69) is 10.3 Å². The Morgan fingerprint density at radius 2 is 2.26 bits per heavy atom. The first-order valence-electron chi connectivity index (χ1n) is 7.00. The third kappa shape index (κ3) is 4.78. The number of halogens is 1. The third-order valence-corrected chi connectivity index (χ3v) is 3.60. The van der Waals surface area contributed by atoms with E-state index in [1.165, 1.54) is 11.5 Å². The van der Waals surface area contributed by atoms with E-state index >= 15 is 0 Å². The summed E-state index contributed by atoms with van der Waals surface area (Å²) in [7, 11) is 0. The van der Waals surface area contributed by atoms with E-state index in [9.17, 15) is 20.0 Å². The molecule has 1 aromatic heterocycles. The molecule has 0 aliphatic carbocycles. The Hall–Kier alpha value is -1.91. The first-order chi connectivity index (χ1) is 10.8. The summed E-state index contributed by atoms with van der Waals surface area (Å²) in [6.07, 6.45) is 0.615. The quantitative estimate of drug-likeness (QED) is 0.577. The molecular formula is C12H18ClN5O5. The van der Waals surface area contributed by atoms with Crippen molar-refractivity contribution in [2.45, 2.75) is 19.1 Å². The van der Waals surface area contributed by atoms with Gasteiger partial charge in [0.2, 0.25) is 0 Å². The van der Waals surface area contributed by atoms with Crippen molar-refractivity contribution >= 4 is 23.5 Å². The average molecular weight is 348 g/mol. The number of aliphatic hydroxyl groups is 1. The Balaban J connectivity index is 1.91. The van der Waals surface area contributed by atoms with Crippen molar-refractivity contribution in [3.63, 3.8) is 0 Å². The molecule has 1 amide bonds. The Bertz CT molecular complexity index is 584. The second-order valence-corrected chi connectivity index (χ2v) is 5.88. The molecule has 0 radical (unpaired) electrons. The normalized spacial score (nSPS) is 17.6. The SMILES string of the molecule is CC(O)(COC(=O)N1CCNCC1)Cn1cc([N+](=O)[O-])nc1Cl. The molecule has 0 aromatic carbocycles. The minimum absolute atomic E-state index is 0.0957. The van der Waals surface area contributed by atoms with Gasteiger partial charge in [0, 0.05) is 26.2 Å². The van der Waals surface area contributed by atoms with Crippen LogP contribution in [0.2, 0.25) is 5.28 Å². The van der Waals surface area contributed by atoms with Crippen molar-refractivity contribution in [1.82, 2.24) is 19.8 Å². The number of carbonyl (C=O) groups excluding carboxylic acids is 1. The highest BCUT2D eigenvalue weighted by atomic mass is 35.5. The summed E-state index contributed by atoms with van der Waals surface area (Å²) >= 11 is 5.79. The molecule has 23 heavy (non-hydrogen) atoms. The zero-order valence-electron chi connectivity index (χ0n) is 12.6. The van der Waals surface area contributed by atoms with Gasteiger partial charge in [-0.05, 0) is 28.4 Å². The van der Waals surface area contributed by atoms with Gasteiger partial charge in [-0.3, -0.25) is 4.57 Å². The van der Waals surface area contributed by atoms with Crippen LogP contribution in [0.1, 0.15) is 6.92 Å². The lowest BCUT2D eigenvalue weighted by Crippen LogP contribution is -2.48. The molecule has 1 unspecified atom stereocenters. The third-order valence-electron chi connectivity index (χ3n) is 3.29. The van der Waals surface area contributed by atoms with Crippen molar-refractivity contribution in [2.24, 2.45) is 0 Å². The maximum absolute atomic E-state index is 11.9. The Morgan fingerprint density at radius 1 is 1.61 bits per heavy atom. The van der Waals surface area contributed by atoms with Crippen LogP contribution in [-0.2, 0) is 11.3 Å². The molecule has 2 heterocycles. The van der Waals surface area contributed by atoms with Crippen LogP contribution in [0.4, 0.5) is 10.6 Å². The summed E-state index contributed by atoms with van der Waals surface area (Å²) < 4.78 is 6.35. The lowest BCUT2D eigenvalue weighted by atomic mass is 10.1. The van der Waals surface area contributed by atoms with Crippen molar-refractivity contribution in [3.05, 3.63) is 21.6 Å². The predicted molar refractivity (Wildman–Crippen MR) is 80.3 cm³/mol. The molecule has 1 aromatic rings. The van der Waals surface area contributed by atoms with E-state index in [1.54, 1.807) is 4.90 Å². The lowest BCUT2D eigenvalue weighted by Gasteiger charge is -2.29. The van der Waals surface area contributed by atoms with Crippen LogP contribution < -0.4 is 5.32 Å². The van der Waals surface area contributed by atoms with Crippen LogP contribution in [-0.4, -0.2) is 69.0 Å². The second-order valence-electron chi connectivity index (χ2n) is 5.54. The number of hydrogen-bond donors (Lipinski definition) is 2. The molecule has 0 bridgehead atoms. The van der Waals surface area contributed by atoms with Gasteiger partial charge in [0.25, 0.3) is 0 Å². The van der Waals surface area contributed by atoms with Gasteiger partial charge in [-0.2, -0.15) is 0 Å². The largest absolute Gasteiger partial charge is 0.446 e. The molecule has 1 atom stereocenters. The summed E-state index contributed by atoms with van der Waals surface area (Å²) in [5.74, 6) is -0.413. The molecule has 1 aliphatic heterocycles. The van der Waals surface area contributed by atoms with Crippen molar-refractivity contribution in [2.75, 3.05) is 32.8 Å². The molecule has 1 saturated heterocycles. The molecule has 1 aliphatic rings. The fraction of sp³-hybridized carbons (Fsp3) is 0.667. The molecule has 128 valence electrons. The number of piperazine rings is 1. The Kier molecular flexibility index (Phi) is 5.39. The zero-order chi connectivity index (χ0) is 17.0. The van der Waals surface area contributed by atoms with Crippen molar-refractivity contribution in [1.29, 1.82) is 0 Å². The van der Waals surface area contributed by atoms with Gasteiger partial charge in [-0.25, -0.2) is 4.79 Å². The number of hydrogen-bond acceptors (Lipinski definition) is 7. The molecule has 1 fully saturated rings. The molecule has 10 nitrogen and oxygen atoms in total. The average Bonchev–Trinajstić information content (AvgIpc) is 2.86. The van der Waals surface area contributed by atoms with E-state index < -0.39 is 22.4 Å². The van der Waals surface area contributed by atoms with Crippen molar-refractivity contribution in [3.8, 4) is 0 Å². The number of nitrogens with zero attached hydrogens (tertiary/aromatic N) is 4. The number of ether oxygens (including phenoxy) is 1. The molecule has 2 rings (SSSR count). The fourth-order valence-corrected chi connectivity index (χ4v) is 2.34. The van der Waals surface area contributed by atoms with Crippen LogP contribution >= 0.6 is 11.6 Å². The van der Waals surface area contributed by atoms with Gasteiger partial charge in [-0.15, -0.1) is 0 Å². The summed E-state index contributed by atoms with van der Waals surface area (Å²) in [4.78, 5) is 27.0. The second kappa shape index (κ2) is 7.11. The Labute approximate surface area is 137 Å². The topological polar surface area (TPSA) is 123 Å². The highest BCUT2D eigenvalue weighted by Gasteiger charge is 2.29. The van der Waals surface area contributed by atoms with Crippen LogP contribution in [0.15, 0.2) is 6.20 Å². The summed E-state index contributed by atoms with van der Waals surface area (Å²) in [5, 5.41) is 23.9. The van der Waals surface area contributed by atoms with E-state index in [-0.39, 0.29) is 18.4 Å². The van der Waals surface area contributed by atoms with Gasteiger partial charge < -0.3 is 30.2 Å². The van der Waals surface area contributed by atoms with E-state index in [1.807, 2.05) is 0 Å². The van der Waals surface area contributed by atoms with Crippen LogP contribution in [0.3, 0.4) is 0 Å². The van der Waals surface area contributed by atoms with Crippen LogP contribution in [0, 0.1) is 10.1 Å². The van der Waals surface area contributed by atoms with Gasteiger partial charge in [0.05, 0.1) is 6.54 Å². The zero-order valence-corrected chi connectivity index (χ0v) is 13.3. The number of amides is 1. The number of rotatable bonds is 5. The maximum atomic E-state index is 11.9. The monoisotopic (exact) mass is 347 g/mol. The van der Waals surface area contributed by atoms with Gasteiger partial charge in [0.1, 0.15) is 18.4 Å². The van der Waals surface area contributed by atoms with Crippen LogP contribution in [0.25, 0.3) is 0 Å². The van der Waals surface area contributed by atoms with Crippen LogP contribution in [0.5, 0.6) is 0 Å². The lowest BCUT2D eigenvalue weighted by molar-refractivity contribution is -0.389. The summed E-state index contributed by atoms with van der Waals surface area (Å²) in [6, 6.07) is 0. The standard InChI is InChI=1S/C12H18ClN5O5/c1-12(20,7-17-6-9(18(21)22)15-10(17)13)8-23-11(19)16-4-2-14-3-5-16/h6,14,20H,2-5,7-8H2,1H3. The van der Waals surface area contributed by atoms with Gasteiger partial charge in [0.15, 0.2) is 0 Å². The minimum atomic E-state index is -1.44. The number of nitrogens with one attached hydrogen (secondary N) is 1. The first-order valence-corrected chi connectivity index (χ1v) is 7.38. The first kappa shape index (κ1) is 17.4. The molecule has 0 spiro atoms. The van der Waals surface area contributed by atoms with E-state index in [0.29, 0.717) is 26.2 Å². The minimum Gasteiger partial charge on any atom is -0.446 e. The number of nitro groups is 1. The van der Waals surface area contributed by atoms with Crippen molar-refractivity contribution < 1.29 is 19.6 Å². The highest BCUT2D eigenvalue weighted by molar-refractivity contribution is 6.28. The molecule has 0 saturated carbocycles. The summed E-state index contributed by atoms with van der Waals surface area (Å²) in [6.45, 7) is 3.56. The van der Waals surface area contributed by atoms with Gasteiger partial charge >= 0.3 is 17.2 Å². The highest BCUT2D eigenvalue weighted by Crippen LogP contribution is 2.19. The smallest absolute Gasteiger partial charge is 0.409 e. The van der Waals surface area contributed by atoms with E-state index in [4.69, 9.17) is 16.3 Å². The van der Waals surface area contributed by atoms with Gasteiger partial charge in [-0.1, -0.05) is 0 Å². The maximum Gasteiger partial charge on any atom is 0.409 e. The Morgan fingerprint density at radius 3 is 2.83 bits per heavy atom. The number of carbonyl (C=O) groups is 1. The fourth-order valence-electron chi connectivity index (χ4n) is 2.15. The molecular weight excluding hydrogens is 330 g/mol. The van der Waals surface area contributed by atoms with E-state index in [0.717, 1.165) is 6.20 Å². The number of aromatic nitrogens is 2. The summed E-state index contributed by atoms with van der Waals surface area (Å²) in [5.41, 5.74) is -1.44. The predicted octanol–water partition coefficient (Wildman–Crippen LogP) is 0.238. The molecule has 11 heteroatoms.